The molecule has 1 heterocycles. The van der Waals surface area contributed by atoms with Crippen LogP contribution in [0.5, 0.6) is 0 Å². The molecule has 1 amide bonds. The number of piperidine rings is 1. The van der Waals surface area contributed by atoms with Crippen molar-refractivity contribution in [3.8, 4) is 0 Å². The quantitative estimate of drug-likeness (QED) is 0.910. The third-order valence-electron chi connectivity index (χ3n) is 4.14. The predicted molar refractivity (Wildman–Crippen MR) is 79.7 cm³/mol. The first kappa shape index (κ1) is 15.0. The molecule has 0 saturated carbocycles. The molecule has 0 aliphatic carbocycles. The molecule has 1 aromatic rings. The Bertz CT molecular complexity index is 462. The van der Waals surface area contributed by atoms with Gasteiger partial charge in [0.05, 0.1) is 6.10 Å². The van der Waals surface area contributed by atoms with Gasteiger partial charge in [0, 0.05) is 25.8 Å². The van der Waals surface area contributed by atoms with Gasteiger partial charge in [0.25, 0.3) is 5.91 Å². The van der Waals surface area contributed by atoms with Crippen molar-refractivity contribution in [2.45, 2.75) is 25.9 Å². The number of benzene rings is 1. The number of hydrogen-bond acceptors (Lipinski definition) is 3. The Kier molecular flexibility index (Phi) is 5.15. The van der Waals surface area contributed by atoms with Crippen molar-refractivity contribution in [1.29, 1.82) is 0 Å². The molecule has 1 fully saturated rings. The Morgan fingerprint density at radius 1 is 1.45 bits per heavy atom. The molecule has 1 saturated heterocycles. The van der Waals surface area contributed by atoms with Crippen molar-refractivity contribution in [1.82, 2.24) is 4.90 Å². The molecular formula is C16H24N2O2. The number of rotatable bonds is 4. The van der Waals surface area contributed by atoms with Crippen LogP contribution in [0.25, 0.3) is 0 Å². The lowest BCUT2D eigenvalue weighted by Crippen LogP contribution is -2.46. The molecule has 2 N–H and O–H groups in total. The molecule has 1 aliphatic heterocycles. The third kappa shape index (κ3) is 3.19. The van der Waals surface area contributed by atoms with Crippen LogP contribution >= 0.6 is 0 Å². The topological polar surface area (TPSA) is 55.6 Å². The summed E-state index contributed by atoms with van der Waals surface area (Å²) in [4.78, 5) is 14.6. The van der Waals surface area contributed by atoms with E-state index in [0.717, 1.165) is 30.5 Å². The summed E-state index contributed by atoms with van der Waals surface area (Å²) >= 11 is 0. The molecule has 0 aromatic heterocycles. The summed E-state index contributed by atoms with van der Waals surface area (Å²) in [5.74, 6) is 0.603. The van der Waals surface area contributed by atoms with Gasteiger partial charge < -0.3 is 15.4 Å². The van der Waals surface area contributed by atoms with Crippen molar-refractivity contribution < 1.29 is 9.53 Å². The van der Waals surface area contributed by atoms with Gasteiger partial charge in [-0.25, -0.2) is 0 Å². The smallest absolute Gasteiger partial charge is 0.254 e. The van der Waals surface area contributed by atoms with Gasteiger partial charge in [0.15, 0.2) is 0 Å². The van der Waals surface area contributed by atoms with Gasteiger partial charge in [-0.15, -0.1) is 0 Å². The summed E-state index contributed by atoms with van der Waals surface area (Å²) in [7, 11) is 1.72. The Labute approximate surface area is 120 Å². The number of carbonyl (C=O) groups is 1. The Hall–Kier alpha value is -1.39. The fourth-order valence-electron chi connectivity index (χ4n) is 2.80. The highest BCUT2D eigenvalue weighted by molar-refractivity contribution is 5.95. The molecule has 20 heavy (non-hydrogen) atoms. The van der Waals surface area contributed by atoms with E-state index in [1.54, 1.807) is 7.11 Å². The van der Waals surface area contributed by atoms with Crippen LogP contribution in [0.4, 0.5) is 0 Å². The summed E-state index contributed by atoms with van der Waals surface area (Å²) in [6.45, 7) is 4.21. The SMILES string of the molecule is COC1CN(C(=O)c2ccccc2CCN)CCC1C. The molecule has 110 valence electrons. The van der Waals surface area contributed by atoms with Gasteiger partial charge in [-0.05, 0) is 36.9 Å². The molecule has 4 heteroatoms. The van der Waals surface area contributed by atoms with Crippen LogP contribution in [0, 0.1) is 5.92 Å². The van der Waals surface area contributed by atoms with Crippen molar-refractivity contribution in [3.63, 3.8) is 0 Å². The van der Waals surface area contributed by atoms with E-state index >= 15 is 0 Å². The highest BCUT2D eigenvalue weighted by atomic mass is 16.5. The van der Waals surface area contributed by atoms with Crippen molar-refractivity contribution in [2.75, 3.05) is 26.7 Å². The van der Waals surface area contributed by atoms with E-state index < -0.39 is 0 Å². The van der Waals surface area contributed by atoms with E-state index in [1.807, 2.05) is 29.2 Å². The lowest BCUT2D eigenvalue weighted by Gasteiger charge is -2.36. The maximum atomic E-state index is 12.7. The van der Waals surface area contributed by atoms with Gasteiger partial charge in [0.1, 0.15) is 0 Å². The summed E-state index contributed by atoms with van der Waals surface area (Å²) in [5.41, 5.74) is 7.44. The van der Waals surface area contributed by atoms with Gasteiger partial charge >= 0.3 is 0 Å². The molecule has 0 bridgehead atoms. The van der Waals surface area contributed by atoms with E-state index in [4.69, 9.17) is 10.5 Å². The number of nitrogens with two attached hydrogens (primary N) is 1. The van der Waals surface area contributed by atoms with Crippen molar-refractivity contribution in [3.05, 3.63) is 35.4 Å². The van der Waals surface area contributed by atoms with E-state index in [0.29, 0.717) is 19.0 Å². The first-order valence-electron chi connectivity index (χ1n) is 7.27. The zero-order chi connectivity index (χ0) is 14.5. The Morgan fingerprint density at radius 3 is 2.90 bits per heavy atom. The molecule has 1 aliphatic rings. The molecule has 0 radical (unpaired) electrons. The number of nitrogens with zero attached hydrogens (tertiary/aromatic N) is 1. The van der Waals surface area contributed by atoms with E-state index in [1.165, 1.54) is 0 Å². The van der Waals surface area contributed by atoms with Gasteiger partial charge in [-0.1, -0.05) is 25.1 Å². The third-order valence-corrected chi connectivity index (χ3v) is 4.14. The predicted octanol–water partition coefficient (Wildman–Crippen LogP) is 1.68. The number of amides is 1. The molecule has 2 atom stereocenters. The Balaban J connectivity index is 2.15. The van der Waals surface area contributed by atoms with E-state index in [-0.39, 0.29) is 12.0 Å². The average molecular weight is 276 g/mol. The van der Waals surface area contributed by atoms with Crippen molar-refractivity contribution in [2.24, 2.45) is 11.7 Å². The second kappa shape index (κ2) is 6.86. The number of likely N-dealkylation sites (tertiary alicyclic amines) is 1. The summed E-state index contributed by atoms with van der Waals surface area (Å²) in [5, 5.41) is 0. The lowest BCUT2D eigenvalue weighted by atomic mass is 9.94. The average Bonchev–Trinajstić information content (AvgIpc) is 2.48. The van der Waals surface area contributed by atoms with Crippen LogP contribution in [0.3, 0.4) is 0 Å². The lowest BCUT2D eigenvalue weighted by molar-refractivity contribution is -0.00160. The molecule has 2 rings (SSSR count). The molecule has 2 unspecified atom stereocenters. The minimum atomic E-state index is 0.100. The normalized spacial score (nSPS) is 22.9. The minimum Gasteiger partial charge on any atom is -0.379 e. The van der Waals surface area contributed by atoms with Crippen molar-refractivity contribution >= 4 is 5.91 Å². The number of methoxy groups -OCH3 is 1. The van der Waals surface area contributed by atoms with Crippen LogP contribution in [0.1, 0.15) is 29.3 Å². The maximum absolute atomic E-state index is 12.7. The molecule has 1 aromatic carbocycles. The molecular weight excluding hydrogens is 252 g/mol. The maximum Gasteiger partial charge on any atom is 0.254 e. The highest BCUT2D eigenvalue weighted by Crippen LogP contribution is 2.22. The van der Waals surface area contributed by atoms with Gasteiger partial charge in [-0.2, -0.15) is 0 Å². The van der Waals surface area contributed by atoms with Crippen LogP contribution in [0.15, 0.2) is 24.3 Å². The van der Waals surface area contributed by atoms with Crippen LogP contribution in [0.2, 0.25) is 0 Å². The van der Waals surface area contributed by atoms with Crippen LogP contribution < -0.4 is 5.73 Å². The molecule has 4 nitrogen and oxygen atoms in total. The monoisotopic (exact) mass is 276 g/mol. The number of hydrogen-bond donors (Lipinski definition) is 1. The summed E-state index contributed by atoms with van der Waals surface area (Å²) in [6.07, 6.45) is 1.86. The fourth-order valence-corrected chi connectivity index (χ4v) is 2.80. The zero-order valence-corrected chi connectivity index (χ0v) is 12.3. The van der Waals surface area contributed by atoms with Crippen LogP contribution in [-0.4, -0.2) is 43.7 Å². The molecule has 0 spiro atoms. The second-order valence-electron chi connectivity index (χ2n) is 5.49. The van der Waals surface area contributed by atoms with Gasteiger partial charge in [-0.3, -0.25) is 4.79 Å². The number of ether oxygens (including phenoxy) is 1. The fraction of sp³-hybridized carbons (Fsp3) is 0.562. The first-order chi connectivity index (χ1) is 9.67. The highest BCUT2D eigenvalue weighted by Gasteiger charge is 2.29. The minimum absolute atomic E-state index is 0.100. The van der Waals surface area contributed by atoms with Crippen LogP contribution in [-0.2, 0) is 11.2 Å². The summed E-state index contributed by atoms with van der Waals surface area (Å²) in [6, 6.07) is 7.75. The van der Waals surface area contributed by atoms with E-state index in [2.05, 4.69) is 6.92 Å². The largest absolute Gasteiger partial charge is 0.379 e. The van der Waals surface area contributed by atoms with E-state index in [9.17, 15) is 4.79 Å². The Morgan fingerprint density at radius 2 is 2.20 bits per heavy atom. The van der Waals surface area contributed by atoms with Gasteiger partial charge in [0.2, 0.25) is 0 Å². The first-order valence-corrected chi connectivity index (χ1v) is 7.27. The summed E-state index contributed by atoms with van der Waals surface area (Å²) < 4.78 is 5.48. The standard InChI is InChI=1S/C16H24N2O2/c1-12-8-10-18(11-15(12)20-2)16(19)14-6-4-3-5-13(14)7-9-17/h3-6,12,15H,7-11,17H2,1-2H3. The number of carbonyl (C=O) groups excluding carboxylic acids is 1. The second-order valence-corrected chi connectivity index (χ2v) is 5.49. The zero-order valence-electron chi connectivity index (χ0n) is 12.3.